The number of aromatic nitrogens is 2. The van der Waals surface area contributed by atoms with Crippen molar-refractivity contribution in [1.82, 2.24) is 15.1 Å². The Balaban J connectivity index is 2.54. The summed E-state index contributed by atoms with van der Waals surface area (Å²) in [4.78, 5) is 0. The topological polar surface area (TPSA) is 52.2 Å². The van der Waals surface area contributed by atoms with Crippen molar-refractivity contribution in [2.75, 3.05) is 14.2 Å². The van der Waals surface area contributed by atoms with Crippen molar-refractivity contribution in [1.29, 1.82) is 0 Å². The van der Waals surface area contributed by atoms with Crippen molar-refractivity contribution in [2.45, 2.75) is 25.9 Å². The molecule has 0 aliphatic carbocycles. The van der Waals surface area contributed by atoms with Gasteiger partial charge in [-0.3, -0.25) is 4.68 Å². The lowest BCUT2D eigenvalue weighted by atomic mass is 10.1. The van der Waals surface area contributed by atoms with Crippen molar-refractivity contribution in [3.8, 4) is 5.75 Å². The van der Waals surface area contributed by atoms with Gasteiger partial charge in [-0.05, 0) is 42.9 Å². The molecule has 104 valence electrons. The molecule has 2 heterocycles. The van der Waals surface area contributed by atoms with E-state index in [-0.39, 0.29) is 12.1 Å². The molecule has 1 unspecified atom stereocenters. The van der Waals surface area contributed by atoms with Gasteiger partial charge in [0.05, 0.1) is 25.6 Å². The van der Waals surface area contributed by atoms with Gasteiger partial charge in [-0.15, -0.1) is 0 Å². The van der Waals surface area contributed by atoms with Gasteiger partial charge < -0.3 is 14.5 Å². The molecule has 0 spiro atoms. The van der Waals surface area contributed by atoms with Crippen LogP contribution in [-0.4, -0.2) is 23.9 Å². The zero-order chi connectivity index (χ0) is 14.0. The van der Waals surface area contributed by atoms with Crippen LogP contribution in [0.15, 0.2) is 27.6 Å². The molecule has 0 saturated carbocycles. The van der Waals surface area contributed by atoms with Crippen LogP contribution in [-0.2, 0) is 0 Å². The standard InChI is InChI=1S/C13H18BrN3O2/c1-8(2)17-12(10(18-4)7-16-17)11(15-3)9-5-6-19-13(9)14/h5-8,11,15H,1-4H3. The second-order valence-electron chi connectivity index (χ2n) is 4.51. The highest BCUT2D eigenvalue weighted by atomic mass is 79.9. The van der Waals surface area contributed by atoms with E-state index in [9.17, 15) is 0 Å². The number of hydrogen-bond donors (Lipinski definition) is 1. The van der Waals surface area contributed by atoms with Gasteiger partial charge in [0.15, 0.2) is 10.4 Å². The van der Waals surface area contributed by atoms with Gasteiger partial charge in [0.2, 0.25) is 0 Å². The molecule has 2 rings (SSSR count). The average Bonchev–Trinajstić information content (AvgIpc) is 2.98. The van der Waals surface area contributed by atoms with E-state index in [1.165, 1.54) is 0 Å². The van der Waals surface area contributed by atoms with Crippen LogP contribution in [0.1, 0.15) is 37.2 Å². The molecule has 0 radical (unpaired) electrons. The van der Waals surface area contributed by atoms with Gasteiger partial charge in [0, 0.05) is 11.6 Å². The number of rotatable bonds is 5. The first kappa shape index (κ1) is 14.1. The van der Waals surface area contributed by atoms with Gasteiger partial charge in [0.25, 0.3) is 0 Å². The molecule has 19 heavy (non-hydrogen) atoms. The zero-order valence-corrected chi connectivity index (χ0v) is 13.1. The SMILES string of the molecule is CNC(c1ccoc1Br)c1c(OC)cnn1C(C)C. The fraction of sp³-hybridized carbons (Fsp3) is 0.462. The van der Waals surface area contributed by atoms with E-state index in [4.69, 9.17) is 9.15 Å². The summed E-state index contributed by atoms with van der Waals surface area (Å²) in [6.45, 7) is 4.18. The van der Waals surface area contributed by atoms with Crippen LogP contribution in [0.3, 0.4) is 0 Å². The molecule has 2 aromatic heterocycles. The van der Waals surface area contributed by atoms with E-state index < -0.39 is 0 Å². The lowest BCUT2D eigenvalue weighted by molar-refractivity contribution is 0.395. The lowest BCUT2D eigenvalue weighted by Crippen LogP contribution is -2.23. The highest BCUT2D eigenvalue weighted by Gasteiger charge is 2.26. The Bertz CT molecular complexity index is 548. The molecule has 0 aliphatic rings. The van der Waals surface area contributed by atoms with Crippen LogP contribution < -0.4 is 10.1 Å². The summed E-state index contributed by atoms with van der Waals surface area (Å²) in [5.74, 6) is 0.765. The Morgan fingerprint density at radius 3 is 2.68 bits per heavy atom. The summed E-state index contributed by atoms with van der Waals surface area (Å²) in [5.41, 5.74) is 2.00. The van der Waals surface area contributed by atoms with E-state index in [2.05, 4.69) is 40.2 Å². The third-order valence-corrected chi connectivity index (χ3v) is 3.67. The Morgan fingerprint density at radius 1 is 1.47 bits per heavy atom. The molecular weight excluding hydrogens is 310 g/mol. The fourth-order valence-electron chi connectivity index (χ4n) is 2.15. The van der Waals surface area contributed by atoms with Crippen LogP contribution in [0.25, 0.3) is 0 Å². The maximum Gasteiger partial charge on any atom is 0.174 e. The predicted octanol–water partition coefficient (Wildman–Crippen LogP) is 3.14. The van der Waals surface area contributed by atoms with Crippen LogP contribution in [0, 0.1) is 0 Å². The summed E-state index contributed by atoms with van der Waals surface area (Å²) in [7, 11) is 3.56. The van der Waals surface area contributed by atoms with Crippen molar-refractivity contribution in [3.63, 3.8) is 0 Å². The Hall–Kier alpha value is -1.27. The molecule has 0 fully saturated rings. The first-order chi connectivity index (χ1) is 9.10. The molecule has 0 aromatic carbocycles. The maximum absolute atomic E-state index is 5.43. The quantitative estimate of drug-likeness (QED) is 0.916. The second-order valence-corrected chi connectivity index (χ2v) is 5.23. The molecule has 0 aliphatic heterocycles. The Kier molecular flexibility index (Phi) is 4.31. The minimum absolute atomic E-state index is 0.0482. The smallest absolute Gasteiger partial charge is 0.174 e. The molecule has 0 saturated heterocycles. The Labute approximate surface area is 121 Å². The van der Waals surface area contributed by atoms with Crippen LogP contribution in [0.4, 0.5) is 0 Å². The Morgan fingerprint density at radius 2 is 2.21 bits per heavy atom. The number of nitrogens with one attached hydrogen (secondary N) is 1. The third kappa shape index (κ3) is 2.55. The molecule has 6 heteroatoms. The van der Waals surface area contributed by atoms with Gasteiger partial charge in [-0.1, -0.05) is 0 Å². The minimum Gasteiger partial charge on any atom is -0.493 e. The summed E-state index contributed by atoms with van der Waals surface area (Å²) in [6.07, 6.45) is 3.40. The maximum atomic E-state index is 5.43. The third-order valence-electron chi connectivity index (χ3n) is 3.03. The minimum atomic E-state index is -0.0482. The number of hydrogen-bond acceptors (Lipinski definition) is 4. The van der Waals surface area contributed by atoms with E-state index in [1.54, 1.807) is 19.6 Å². The second kappa shape index (κ2) is 5.79. The molecular formula is C13H18BrN3O2. The number of ether oxygens (including phenoxy) is 1. The molecule has 0 bridgehead atoms. The summed E-state index contributed by atoms with van der Waals surface area (Å²) in [6, 6.07) is 2.14. The van der Waals surface area contributed by atoms with Crippen LogP contribution >= 0.6 is 15.9 Å². The zero-order valence-electron chi connectivity index (χ0n) is 11.5. The van der Waals surface area contributed by atoms with Crippen LogP contribution in [0.2, 0.25) is 0 Å². The number of halogens is 1. The lowest BCUT2D eigenvalue weighted by Gasteiger charge is -2.20. The van der Waals surface area contributed by atoms with Gasteiger partial charge >= 0.3 is 0 Å². The fourth-order valence-corrected chi connectivity index (χ4v) is 2.62. The van der Waals surface area contributed by atoms with Gasteiger partial charge in [-0.2, -0.15) is 5.10 Å². The van der Waals surface area contributed by atoms with Crippen molar-refractivity contribution in [2.24, 2.45) is 0 Å². The summed E-state index contributed by atoms with van der Waals surface area (Å²) >= 11 is 3.42. The van der Waals surface area contributed by atoms with Crippen molar-refractivity contribution in [3.05, 3.63) is 34.5 Å². The molecule has 1 atom stereocenters. The van der Waals surface area contributed by atoms with Gasteiger partial charge in [-0.25, -0.2) is 0 Å². The summed E-state index contributed by atoms with van der Waals surface area (Å²) < 4.78 is 13.4. The number of methoxy groups -OCH3 is 1. The normalized spacial score (nSPS) is 12.9. The highest BCUT2D eigenvalue weighted by Crippen LogP contribution is 2.35. The molecule has 5 nitrogen and oxygen atoms in total. The largest absolute Gasteiger partial charge is 0.493 e. The highest BCUT2D eigenvalue weighted by molar-refractivity contribution is 9.10. The summed E-state index contributed by atoms with van der Waals surface area (Å²) in [5, 5.41) is 7.69. The number of furan rings is 1. The van der Waals surface area contributed by atoms with Crippen molar-refractivity contribution >= 4 is 15.9 Å². The van der Waals surface area contributed by atoms with Gasteiger partial charge in [0.1, 0.15) is 5.69 Å². The van der Waals surface area contributed by atoms with E-state index in [0.717, 1.165) is 17.0 Å². The first-order valence-corrected chi connectivity index (χ1v) is 6.91. The monoisotopic (exact) mass is 327 g/mol. The predicted molar refractivity (Wildman–Crippen MR) is 76.5 cm³/mol. The molecule has 1 N–H and O–H groups in total. The molecule has 0 amide bonds. The van der Waals surface area contributed by atoms with Crippen molar-refractivity contribution < 1.29 is 9.15 Å². The molecule has 2 aromatic rings. The van der Waals surface area contributed by atoms with E-state index in [0.29, 0.717) is 4.67 Å². The van der Waals surface area contributed by atoms with E-state index >= 15 is 0 Å². The van der Waals surface area contributed by atoms with Crippen LogP contribution in [0.5, 0.6) is 5.75 Å². The van der Waals surface area contributed by atoms with E-state index in [1.807, 2.05) is 17.8 Å². The first-order valence-electron chi connectivity index (χ1n) is 6.11. The number of nitrogens with zero attached hydrogens (tertiary/aromatic N) is 2. The average molecular weight is 328 g/mol.